The molecule has 100 valence electrons. The second kappa shape index (κ2) is 6.13. The van der Waals surface area contributed by atoms with E-state index in [-0.39, 0.29) is 0 Å². The van der Waals surface area contributed by atoms with E-state index in [1.807, 2.05) is 6.92 Å². The Balaban J connectivity index is 1.98. The lowest BCUT2D eigenvalue weighted by molar-refractivity contribution is 0.327. The van der Waals surface area contributed by atoms with E-state index in [1.165, 1.54) is 12.1 Å². The van der Waals surface area contributed by atoms with Crippen molar-refractivity contribution in [2.24, 2.45) is 0 Å². The molecule has 3 nitrogen and oxygen atoms in total. The Morgan fingerprint density at radius 1 is 1.16 bits per heavy atom. The molecule has 0 aliphatic heterocycles. The van der Waals surface area contributed by atoms with Crippen molar-refractivity contribution >= 4 is 5.69 Å². The number of rotatable bonds is 5. The number of halogens is 2. The number of ether oxygens (including phenoxy) is 1. The van der Waals surface area contributed by atoms with Crippen LogP contribution in [-0.2, 0) is 6.54 Å². The second-order valence-corrected chi connectivity index (χ2v) is 3.95. The Bertz CT molecular complexity index is 523. The molecule has 0 radical (unpaired) electrons. The first kappa shape index (κ1) is 13.3. The van der Waals surface area contributed by atoms with Crippen molar-refractivity contribution in [1.29, 1.82) is 0 Å². The molecule has 19 heavy (non-hydrogen) atoms. The van der Waals surface area contributed by atoms with Crippen molar-refractivity contribution in [1.82, 2.24) is 4.98 Å². The lowest BCUT2D eigenvalue weighted by Gasteiger charge is -2.07. The molecule has 0 aliphatic rings. The molecule has 1 aromatic carbocycles. The highest BCUT2D eigenvalue weighted by Gasteiger charge is 2.01. The maximum absolute atomic E-state index is 13.0. The molecule has 1 N–H and O–H groups in total. The van der Waals surface area contributed by atoms with Crippen LogP contribution in [0, 0.1) is 11.6 Å². The average molecular weight is 264 g/mol. The Labute approximate surface area is 110 Å². The maximum atomic E-state index is 13.0. The van der Waals surface area contributed by atoms with Crippen LogP contribution in [0.5, 0.6) is 5.88 Å². The van der Waals surface area contributed by atoms with Gasteiger partial charge in [-0.05, 0) is 30.7 Å². The summed E-state index contributed by atoms with van der Waals surface area (Å²) in [6.45, 7) is 2.76. The Morgan fingerprint density at radius 2 is 1.89 bits per heavy atom. The molecular formula is C14H14F2N2O. The number of nitrogens with zero attached hydrogens (tertiary/aromatic N) is 1. The zero-order valence-electron chi connectivity index (χ0n) is 10.5. The normalized spacial score (nSPS) is 10.3. The summed E-state index contributed by atoms with van der Waals surface area (Å²) in [6, 6.07) is 6.96. The fourth-order valence-electron chi connectivity index (χ4n) is 1.64. The zero-order valence-corrected chi connectivity index (χ0v) is 10.5. The third-order valence-electron chi connectivity index (χ3n) is 2.45. The largest absolute Gasteiger partial charge is 0.478 e. The number of anilines is 1. The standard InChI is InChI=1S/C14H14F2N2O/c1-2-19-14-4-3-13(9-18-14)17-8-10-5-11(15)7-12(16)6-10/h3-7,9,17H,2,8H2,1H3. The van der Waals surface area contributed by atoms with Gasteiger partial charge in [-0.3, -0.25) is 0 Å². The third-order valence-corrected chi connectivity index (χ3v) is 2.45. The molecule has 0 fully saturated rings. The van der Waals surface area contributed by atoms with E-state index in [9.17, 15) is 8.78 Å². The van der Waals surface area contributed by atoms with Gasteiger partial charge in [-0.2, -0.15) is 0 Å². The lowest BCUT2D eigenvalue weighted by atomic mass is 10.2. The number of pyridine rings is 1. The molecule has 0 aliphatic carbocycles. The summed E-state index contributed by atoms with van der Waals surface area (Å²) >= 11 is 0. The number of aromatic nitrogens is 1. The minimum Gasteiger partial charge on any atom is -0.478 e. The van der Waals surface area contributed by atoms with Crippen LogP contribution >= 0.6 is 0 Å². The Kier molecular flexibility index (Phi) is 4.28. The van der Waals surface area contributed by atoms with Crippen molar-refractivity contribution in [2.45, 2.75) is 13.5 Å². The van der Waals surface area contributed by atoms with Gasteiger partial charge in [0.15, 0.2) is 0 Å². The highest BCUT2D eigenvalue weighted by Crippen LogP contribution is 2.14. The molecule has 2 rings (SSSR count). The van der Waals surface area contributed by atoms with Crippen molar-refractivity contribution in [3.8, 4) is 5.88 Å². The first-order valence-corrected chi connectivity index (χ1v) is 5.95. The first-order valence-electron chi connectivity index (χ1n) is 5.95. The third kappa shape index (κ3) is 3.91. The van der Waals surface area contributed by atoms with E-state index in [4.69, 9.17) is 4.74 Å². The smallest absolute Gasteiger partial charge is 0.213 e. The molecular weight excluding hydrogens is 250 g/mol. The van der Waals surface area contributed by atoms with Gasteiger partial charge in [0.05, 0.1) is 18.5 Å². The minimum absolute atomic E-state index is 0.324. The average Bonchev–Trinajstić information content (AvgIpc) is 2.37. The quantitative estimate of drug-likeness (QED) is 0.899. The molecule has 0 saturated carbocycles. The van der Waals surface area contributed by atoms with E-state index in [1.54, 1.807) is 18.3 Å². The second-order valence-electron chi connectivity index (χ2n) is 3.95. The van der Waals surface area contributed by atoms with E-state index >= 15 is 0 Å². The van der Waals surface area contributed by atoms with Gasteiger partial charge in [-0.25, -0.2) is 13.8 Å². The van der Waals surface area contributed by atoms with Crippen LogP contribution in [0.15, 0.2) is 36.5 Å². The van der Waals surface area contributed by atoms with Crippen LogP contribution < -0.4 is 10.1 Å². The van der Waals surface area contributed by atoms with Gasteiger partial charge in [-0.1, -0.05) is 0 Å². The van der Waals surface area contributed by atoms with E-state index in [2.05, 4.69) is 10.3 Å². The Morgan fingerprint density at radius 3 is 2.47 bits per heavy atom. The van der Waals surface area contributed by atoms with Crippen LogP contribution in [0.25, 0.3) is 0 Å². The van der Waals surface area contributed by atoms with Gasteiger partial charge in [0, 0.05) is 18.7 Å². The highest BCUT2D eigenvalue weighted by atomic mass is 19.1. The van der Waals surface area contributed by atoms with Crippen LogP contribution in [-0.4, -0.2) is 11.6 Å². The molecule has 0 amide bonds. The van der Waals surface area contributed by atoms with Gasteiger partial charge in [0.2, 0.25) is 5.88 Å². The van der Waals surface area contributed by atoms with Crippen molar-refractivity contribution < 1.29 is 13.5 Å². The van der Waals surface area contributed by atoms with Crippen molar-refractivity contribution in [3.63, 3.8) is 0 Å². The maximum Gasteiger partial charge on any atom is 0.213 e. The molecule has 0 spiro atoms. The number of hydrogen-bond donors (Lipinski definition) is 1. The minimum atomic E-state index is -0.582. The molecule has 0 atom stereocenters. The first-order chi connectivity index (χ1) is 9.17. The summed E-state index contributed by atoms with van der Waals surface area (Å²) in [5.74, 6) is -0.618. The van der Waals surface area contributed by atoms with Gasteiger partial charge < -0.3 is 10.1 Å². The van der Waals surface area contributed by atoms with E-state index < -0.39 is 11.6 Å². The fourth-order valence-corrected chi connectivity index (χ4v) is 1.64. The molecule has 0 saturated heterocycles. The predicted octanol–water partition coefficient (Wildman–Crippen LogP) is 3.37. The van der Waals surface area contributed by atoms with Gasteiger partial charge in [-0.15, -0.1) is 0 Å². The van der Waals surface area contributed by atoms with Gasteiger partial charge in [0.1, 0.15) is 11.6 Å². The summed E-state index contributed by atoms with van der Waals surface area (Å²) in [4.78, 5) is 4.08. The highest BCUT2D eigenvalue weighted by molar-refractivity contribution is 5.42. The van der Waals surface area contributed by atoms with Crippen LogP contribution in [0.3, 0.4) is 0 Å². The summed E-state index contributed by atoms with van der Waals surface area (Å²) in [6.07, 6.45) is 1.61. The molecule has 1 aromatic heterocycles. The zero-order chi connectivity index (χ0) is 13.7. The Hall–Kier alpha value is -2.17. The predicted molar refractivity (Wildman–Crippen MR) is 69.1 cm³/mol. The van der Waals surface area contributed by atoms with E-state index in [0.717, 1.165) is 11.8 Å². The monoisotopic (exact) mass is 264 g/mol. The SMILES string of the molecule is CCOc1ccc(NCc2cc(F)cc(F)c2)cn1. The van der Waals surface area contributed by atoms with Crippen molar-refractivity contribution in [3.05, 3.63) is 53.7 Å². The molecule has 2 aromatic rings. The van der Waals surface area contributed by atoms with E-state index in [0.29, 0.717) is 24.6 Å². The molecule has 1 heterocycles. The summed E-state index contributed by atoms with van der Waals surface area (Å²) in [5.41, 5.74) is 1.29. The van der Waals surface area contributed by atoms with Crippen molar-refractivity contribution in [2.75, 3.05) is 11.9 Å². The van der Waals surface area contributed by atoms with Crippen LogP contribution in [0.2, 0.25) is 0 Å². The number of nitrogens with one attached hydrogen (secondary N) is 1. The lowest BCUT2D eigenvalue weighted by Crippen LogP contribution is -2.01. The number of hydrogen-bond acceptors (Lipinski definition) is 3. The summed E-state index contributed by atoms with van der Waals surface area (Å²) < 4.78 is 31.2. The topological polar surface area (TPSA) is 34.1 Å². The summed E-state index contributed by atoms with van der Waals surface area (Å²) in [7, 11) is 0. The fraction of sp³-hybridized carbons (Fsp3) is 0.214. The number of benzene rings is 1. The summed E-state index contributed by atoms with van der Waals surface area (Å²) in [5, 5.41) is 3.03. The molecule has 5 heteroatoms. The molecule has 0 bridgehead atoms. The van der Waals surface area contributed by atoms with Crippen LogP contribution in [0.4, 0.5) is 14.5 Å². The van der Waals surface area contributed by atoms with Gasteiger partial charge in [0.25, 0.3) is 0 Å². The van der Waals surface area contributed by atoms with Crippen LogP contribution in [0.1, 0.15) is 12.5 Å². The molecule has 0 unspecified atom stereocenters. The van der Waals surface area contributed by atoms with Gasteiger partial charge >= 0.3 is 0 Å².